The second-order valence-electron chi connectivity index (χ2n) is 13.1. The number of methoxy groups -OCH3 is 4. The van der Waals surface area contributed by atoms with Crippen molar-refractivity contribution in [2.75, 3.05) is 44.4 Å². The number of nitrogens with one attached hydrogen (secondary N) is 3. The highest BCUT2D eigenvalue weighted by molar-refractivity contribution is 6.09. The minimum absolute atomic E-state index is 0.162. The number of rotatable bonds is 13. The van der Waals surface area contributed by atoms with Crippen LogP contribution in [0.5, 0.6) is 28.7 Å². The third-order valence-corrected chi connectivity index (χ3v) is 9.08. The van der Waals surface area contributed by atoms with E-state index >= 15 is 0 Å². The van der Waals surface area contributed by atoms with Crippen molar-refractivity contribution in [2.45, 2.75) is 13.8 Å². The predicted octanol–water partition coefficient (Wildman–Crippen LogP) is 8.98. The average Bonchev–Trinajstić information content (AvgIpc) is 3.23. The van der Waals surface area contributed by atoms with E-state index in [4.69, 9.17) is 23.7 Å². The SMILES string of the molecule is COc1cc(C)cc(OC)c1C(=O)Nc1ccc(C(=O)Nc2ccc(-c3ccc(NC(=O)c4ccc(OC(=O)c5c(OC)cc(C)cc5OC)cc4)cc3)cc2)cc1. The highest BCUT2D eigenvalue weighted by atomic mass is 16.5. The summed E-state index contributed by atoms with van der Waals surface area (Å²) in [5.74, 6) is -0.0117. The van der Waals surface area contributed by atoms with Crippen molar-refractivity contribution >= 4 is 40.8 Å². The van der Waals surface area contributed by atoms with Crippen LogP contribution in [0.4, 0.5) is 17.1 Å². The summed E-state index contributed by atoms with van der Waals surface area (Å²) >= 11 is 0. The van der Waals surface area contributed by atoms with E-state index in [1.165, 1.54) is 40.6 Å². The lowest BCUT2D eigenvalue weighted by Gasteiger charge is -2.14. The first-order valence-electron chi connectivity index (χ1n) is 18.0. The molecule has 3 N–H and O–H groups in total. The maximum absolute atomic E-state index is 13.1. The number of amides is 3. The summed E-state index contributed by atoms with van der Waals surface area (Å²) in [6.07, 6.45) is 0. The van der Waals surface area contributed by atoms with Crippen LogP contribution >= 0.6 is 0 Å². The van der Waals surface area contributed by atoms with Gasteiger partial charge in [0.2, 0.25) is 0 Å². The minimum Gasteiger partial charge on any atom is -0.496 e. The number of hydrogen-bond donors (Lipinski definition) is 3. The zero-order valence-electron chi connectivity index (χ0n) is 32.7. The largest absolute Gasteiger partial charge is 0.496 e. The molecule has 0 atom stereocenters. The van der Waals surface area contributed by atoms with Gasteiger partial charge in [0.15, 0.2) is 0 Å². The van der Waals surface area contributed by atoms with Crippen LogP contribution in [-0.2, 0) is 0 Å². The predicted molar refractivity (Wildman–Crippen MR) is 222 cm³/mol. The fraction of sp³-hybridized carbons (Fsp3) is 0.130. The molecule has 0 aromatic heterocycles. The Morgan fingerprint density at radius 2 is 0.741 bits per heavy atom. The second kappa shape index (κ2) is 17.9. The molecule has 12 nitrogen and oxygen atoms in total. The molecular weight excluding hydrogens is 739 g/mol. The number of benzene rings is 6. The summed E-state index contributed by atoms with van der Waals surface area (Å²) in [6.45, 7) is 3.74. The van der Waals surface area contributed by atoms with Crippen LogP contribution in [0.25, 0.3) is 11.1 Å². The quantitative estimate of drug-likeness (QED) is 0.0771. The van der Waals surface area contributed by atoms with Crippen LogP contribution in [0.2, 0.25) is 0 Å². The molecule has 294 valence electrons. The zero-order valence-corrected chi connectivity index (χ0v) is 32.7. The van der Waals surface area contributed by atoms with Gasteiger partial charge in [0.05, 0.1) is 28.4 Å². The summed E-state index contributed by atoms with van der Waals surface area (Å²) in [4.78, 5) is 52.1. The first kappa shape index (κ1) is 40.1. The molecule has 12 heteroatoms. The van der Waals surface area contributed by atoms with Gasteiger partial charge in [-0.25, -0.2) is 4.79 Å². The topological polar surface area (TPSA) is 151 Å². The number of carbonyl (C=O) groups excluding carboxylic acids is 4. The number of anilines is 3. The van der Waals surface area contributed by atoms with Crippen LogP contribution in [0.3, 0.4) is 0 Å². The van der Waals surface area contributed by atoms with Gasteiger partial charge in [-0.1, -0.05) is 24.3 Å². The van der Waals surface area contributed by atoms with E-state index in [1.54, 1.807) is 84.9 Å². The van der Waals surface area contributed by atoms with Crippen molar-refractivity contribution in [3.63, 3.8) is 0 Å². The second-order valence-corrected chi connectivity index (χ2v) is 13.1. The van der Waals surface area contributed by atoms with Crippen molar-refractivity contribution in [1.29, 1.82) is 0 Å². The Kier molecular flexibility index (Phi) is 12.4. The molecule has 0 aliphatic rings. The smallest absolute Gasteiger partial charge is 0.351 e. The van der Waals surface area contributed by atoms with Gasteiger partial charge >= 0.3 is 5.97 Å². The Morgan fingerprint density at radius 1 is 0.414 bits per heavy atom. The maximum atomic E-state index is 13.1. The van der Waals surface area contributed by atoms with E-state index in [0.29, 0.717) is 51.2 Å². The van der Waals surface area contributed by atoms with Gasteiger partial charge in [-0.15, -0.1) is 0 Å². The molecule has 0 unspecified atom stereocenters. The standard InChI is InChI=1S/C46H41N3O9/c1-27-23-37(54-3)41(38(24-27)55-4)45(52)49-35-19-11-31(12-20-35)43(50)47-33-15-7-29(8-16-33)30-9-17-34(18-10-30)48-44(51)32-13-21-36(22-14-32)58-46(53)42-39(56-5)25-28(2)26-40(42)57-6/h7-26H,1-6H3,(H,47,50)(H,48,51)(H,49,52). The first-order valence-corrected chi connectivity index (χ1v) is 18.0. The molecule has 0 aliphatic carbocycles. The monoisotopic (exact) mass is 779 g/mol. The van der Waals surface area contributed by atoms with Gasteiger partial charge in [-0.2, -0.15) is 0 Å². The molecule has 0 saturated heterocycles. The normalized spacial score (nSPS) is 10.5. The zero-order chi connectivity index (χ0) is 41.3. The van der Waals surface area contributed by atoms with Crippen LogP contribution < -0.4 is 39.6 Å². The Morgan fingerprint density at radius 3 is 1.12 bits per heavy atom. The highest BCUT2D eigenvalue weighted by Gasteiger charge is 2.22. The van der Waals surface area contributed by atoms with Crippen molar-refractivity contribution in [3.05, 3.63) is 155 Å². The molecule has 0 heterocycles. The van der Waals surface area contributed by atoms with Gasteiger partial charge in [0.25, 0.3) is 17.7 Å². The third kappa shape index (κ3) is 9.25. The lowest BCUT2D eigenvalue weighted by Crippen LogP contribution is -2.15. The van der Waals surface area contributed by atoms with Gasteiger partial charge in [-0.3, -0.25) is 14.4 Å². The summed E-state index contributed by atoms with van der Waals surface area (Å²) in [5, 5.41) is 8.60. The van der Waals surface area contributed by atoms with Crippen LogP contribution in [0.1, 0.15) is 52.6 Å². The van der Waals surface area contributed by atoms with E-state index in [1.807, 2.05) is 38.1 Å². The van der Waals surface area contributed by atoms with Gasteiger partial charge < -0.3 is 39.6 Å². The van der Waals surface area contributed by atoms with Crippen molar-refractivity contribution < 1.29 is 42.9 Å². The van der Waals surface area contributed by atoms with Gasteiger partial charge in [0, 0.05) is 28.2 Å². The lowest BCUT2D eigenvalue weighted by molar-refractivity contribution is 0.0727. The molecule has 6 aromatic rings. The molecular formula is C46H41N3O9. The Balaban J connectivity index is 1.01. The molecule has 58 heavy (non-hydrogen) atoms. The number of ether oxygens (including phenoxy) is 5. The van der Waals surface area contributed by atoms with Crippen molar-refractivity contribution in [1.82, 2.24) is 0 Å². The Bertz CT molecular complexity index is 2240. The van der Waals surface area contributed by atoms with Crippen molar-refractivity contribution in [2.24, 2.45) is 0 Å². The van der Waals surface area contributed by atoms with Crippen LogP contribution in [0, 0.1) is 13.8 Å². The molecule has 3 amide bonds. The minimum atomic E-state index is -0.653. The first-order chi connectivity index (χ1) is 28.0. The van der Waals surface area contributed by atoms with Crippen molar-refractivity contribution in [3.8, 4) is 39.9 Å². The third-order valence-electron chi connectivity index (χ3n) is 9.08. The lowest BCUT2D eigenvalue weighted by atomic mass is 10.0. The number of esters is 1. The molecule has 0 radical (unpaired) electrons. The fourth-order valence-corrected chi connectivity index (χ4v) is 6.14. The van der Waals surface area contributed by atoms with E-state index in [0.717, 1.165) is 22.3 Å². The van der Waals surface area contributed by atoms with E-state index < -0.39 is 11.9 Å². The molecule has 0 aliphatic heterocycles. The maximum Gasteiger partial charge on any atom is 0.351 e. The summed E-state index contributed by atoms with van der Waals surface area (Å²) in [7, 11) is 5.91. The number of hydrogen-bond acceptors (Lipinski definition) is 9. The van der Waals surface area contributed by atoms with E-state index in [-0.39, 0.29) is 28.7 Å². The molecule has 0 fully saturated rings. The van der Waals surface area contributed by atoms with Gasteiger partial charge in [0.1, 0.15) is 39.9 Å². The molecule has 0 saturated carbocycles. The summed E-state index contributed by atoms with van der Waals surface area (Å²) < 4.78 is 27.1. The molecule has 0 spiro atoms. The number of carbonyl (C=O) groups is 4. The van der Waals surface area contributed by atoms with Crippen LogP contribution in [-0.4, -0.2) is 52.1 Å². The van der Waals surface area contributed by atoms with E-state index in [2.05, 4.69) is 16.0 Å². The summed E-state index contributed by atoms with van der Waals surface area (Å²) in [5.41, 5.74) is 6.46. The Hall–Kier alpha value is -7.60. The number of aryl methyl sites for hydroxylation is 2. The molecule has 6 rings (SSSR count). The van der Waals surface area contributed by atoms with Gasteiger partial charge in [-0.05, 0) is 133 Å². The van der Waals surface area contributed by atoms with Crippen LogP contribution in [0.15, 0.2) is 121 Å². The molecule has 0 bridgehead atoms. The molecule has 6 aromatic carbocycles. The average molecular weight is 780 g/mol. The fourth-order valence-electron chi connectivity index (χ4n) is 6.14. The Labute approximate surface area is 335 Å². The van der Waals surface area contributed by atoms with E-state index in [9.17, 15) is 19.2 Å². The highest BCUT2D eigenvalue weighted by Crippen LogP contribution is 2.33. The summed E-state index contributed by atoms with van der Waals surface area (Å²) in [6, 6.07) is 34.4.